The van der Waals surface area contributed by atoms with E-state index in [0.29, 0.717) is 41.3 Å². The highest BCUT2D eigenvalue weighted by Gasteiger charge is 2.20. The Bertz CT molecular complexity index is 1350. The number of amides is 2. The molecule has 0 aliphatic heterocycles. The molecular weight excluding hydrogens is 619 g/mol. The Labute approximate surface area is 277 Å². The Kier molecular flexibility index (Phi) is 20.1. The molecule has 0 aromatic heterocycles. The molecule has 0 aliphatic rings. The summed E-state index contributed by atoms with van der Waals surface area (Å²) < 4.78 is 31.2. The lowest BCUT2D eigenvalue weighted by molar-refractivity contribution is -0.105. The first kappa shape index (κ1) is 41.3. The number of nitrogens with zero attached hydrogens (tertiary/aromatic N) is 1. The van der Waals surface area contributed by atoms with Gasteiger partial charge in [0.25, 0.3) is 5.91 Å². The molecule has 6 nitrogen and oxygen atoms in total. The standard InChI is InChI=1S/C17H23ClFN.C10H12N2O3.C6H4ClF.C2H6/c1-12(10-17(2,3)4)8-9-13(11-20)14-6-5-7-15(18)16(14)19;1-11-10(14)7-3-4-8(12-6-13)9(5-7)15-2;7-5-3-1-2-4-6(5)8;1-2/h5-7,12-13H,8-10H2,1-4H3;3-6H,1-2H3,(H,11,14)(H,12,13);1-4H;1-2H3. The molecule has 0 spiro atoms. The topological polar surface area (TPSA) is 91.2 Å². The number of hydrogen-bond donors (Lipinski definition) is 2. The summed E-state index contributed by atoms with van der Waals surface area (Å²) in [7, 11) is 3.02. The molecular formula is C35H45Cl2F2N3O3. The van der Waals surface area contributed by atoms with Crippen LogP contribution in [0.1, 0.15) is 82.6 Å². The molecule has 3 aromatic carbocycles. The highest BCUT2D eigenvalue weighted by Crippen LogP contribution is 2.32. The molecule has 0 saturated carbocycles. The Morgan fingerprint density at radius 3 is 2.13 bits per heavy atom. The van der Waals surface area contributed by atoms with Gasteiger partial charge >= 0.3 is 0 Å². The van der Waals surface area contributed by atoms with Crippen molar-refractivity contribution in [3.05, 3.63) is 93.5 Å². The maximum Gasteiger partial charge on any atom is 0.251 e. The van der Waals surface area contributed by atoms with Gasteiger partial charge in [0.1, 0.15) is 17.4 Å². The summed E-state index contributed by atoms with van der Waals surface area (Å²) in [6, 6.07) is 18.0. The smallest absolute Gasteiger partial charge is 0.251 e. The molecule has 0 saturated heterocycles. The van der Waals surface area contributed by atoms with E-state index in [4.69, 9.17) is 27.9 Å². The summed E-state index contributed by atoms with van der Waals surface area (Å²) in [6.07, 6.45) is 3.24. The molecule has 0 aliphatic carbocycles. The van der Waals surface area contributed by atoms with E-state index in [2.05, 4.69) is 44.4 Å². The minimum atomic E-state index is -0.454. The van der Waals surface area contributed by atoms with E-state index >= 15 is 0 Å². The number of halogens is 4. The van der Waals surface area contributed by atoms with E-state index in [9.17, 15) is 23.6 Å². The summed E-state index contributed by atoms with van der Waals surface area (Å²) >= 11 is 11.1. The van der Waals surface area contributed by atoms with Gasteiger partial charge in [0.2, 0.25) is 6.41 Å². The normalized spacial score (nSPS) is 11.4. The first-order valence-corrected chi connectivity index (χ1v) is 15.4. The number of benzene rings is 3. The van der Waals surface area contributed by atoms with Crippen molar-refractivity contribution < 1.29 is 23.1 Å². The number of carbonyl (C=O) groups excluding carboxylic acids is 2. The summed E-state index contributed by atoms with van der Waals surface area (Å²) in [5.74, 6) is -0.475. The predicted molar refractivity (Wildman–Crippen MR) is 181 cm³/mol. The van der Waals surface area contributed by atoms with Crippen molar-refractivity contribution in [2.45, 2.75) is 66.7 Å². The third-order valence-corrected chi connectivity index (χ3v) is 6.75. The van der Waals surface area contributed by atoms with Crippen LogP contribution in [0.25, 0.3) is 0 Å². The fourth-order valence-electron chi connectivity index (χ4n) is 4.28. The number of nitriles is 1. The van der Waals surface area contributed by atoms with Crippen molar-refractivity contribution >= 4 is 41.2 Å². The Morgan fingerprint density at radius 2 is 1.64 bits per heavy atom. The highest BCUT2D eigenvalue weighted by molar-refractivity contribution is 6.31. The zero-order valence-electron chi connectivity index (χ0n) is 27.3. The number of nitrogens with one attached hydrogen (secondary N) is 2. The maximum atomic E-state index is 14.0. The quantitative estimate of drug-likeness (QED) is 0.223. The van der Waals surface area contributed by atoms with Crippen molar-refractivity contribution in [1.82, 2.24) is 5.32 Å². The van der Waals surface area contributed by atoms with E-state index in [0.717, 1.165) is 12.8 Å². The second-order valence-electron chi connectivity index (χ2n) is 10.9. The van der Waals surface area contributed by atoms with Crippen LogP contribution in [0.3, 0.4) is 0 Å². The van der Waals surface area contributed by atoms with E-state index in [1.807, 2.05) is 13.8 Å². The fourth-order valence-corrected chi connectivity index (χ4v) is 4.59. The molecule has 0 bridgehead atoms. The number of rotatable bonds is 9. The molecule has 0 heterocycles. The molecule has 45 heavy (non-hydrogen) atoms. The fraction of sp³-hybridized carbons (Fsp3) is 0.400. The number of anilines is 1. The van der Waals surface area contributed by atoms with Gasteiger partial charge in [-0.3, -0.25) is 9.59 Å². The van der Waals surface area contributed by atoms with Crippen molar-refractivity contribution in [2.24, 2.45) is 11.3 Å². The number of carbonyl (C=O) groups is 2. The van der Waals surface area contributed by atoms with E-state index in [-0.39, 0.29) is 27.2 Å². The van der Waals surface area contributed by atoms with Crippen LogP contribution in [0, 0.1) is 34.3 Å². The van der Waals surface area contributed by atoms with Crippen LogP contribution >= 0.6 is 23.2 Å². The Hall–Kier alpha value is -3.67. The lowest BCUT2D eigenvalue weighted by Gasteiger charge is -2.23. The van der Waals surface area contributed by atoms with Gasteiger partial charge in [-0.05, 0) is 67.0 Å². The van der Waals surface area contributed by atoms with Crippen molar-refractivity contribution in [2.75, 3.05) is 19.5 Å². The molecule has 3 aromatic rings. The second kappa shape index (κ2) is 21.9. The summed E-state index contributed by atoms with van der Waals surface area (Å²) in [6.45, 7) is 12.8. The average Bonchev–Trinajstić information content (AvgIpc) is 3.01. The SMILES string of the molecule is CC.CC(CCC(C#N)c1cccc(Cl)c1F)CC(C)(C)C.CNC(=O)c1ccc(NC=O)c(OC)c1.Fc1ccccc1Cl. The number of methoxy groups -OCH3 is 1. The second-order valence-corrected chi connectivity index (χ2v) is 11.8. The van der Waals surface area contributed by atoms with Gasteiger partial charge in [0.05, 0.1) is 34.8 Å². The largest absolute Gasteiger partial charge is 0.495 e. The van der Waals surface area contributed by atoms with Crippen LogP contribution in [-0.4, -0.2) is 26.5 Å². The van der Waals surface area contributed by atoms with Gasteiger partial charge in [-0.1, -0.05) is 89.0 Å². The lowest BCUT2D eigenvalue weighted by Crippen LogP contribution is -2.17. The van der Waals surface area contributed by atoms with E-state index < -0.39 is 11.7 Å². The average molecular weight is 665 g/mol. The molecule has 0 fully saturated rings. The zero-order chi connectivity index (χ0) is 34.6. The summed E-state index contributed by atoms with van der Waals surface area (Å²) in [5.41, 5.74) is 1.71. The molecule has 10 heteroatoms. The first-order valence-electron chi connectivity index (χ1n) is 14.6. The number of ether oxygens (including phenoxy) is 1. The molecule has 246 valence electrons. The van der Waals surface area contributed by atoms with Crippen molar-refractivity contribution in [3.63, 3.8) is 0 Å². The van der Waals surface area contributed by atoms with Crippen LogP contribution in [0.2, 0.25) is 10.0 Å². The third kappa shape index (κ3) is 15.8. The van der Waals surface area contributed by atoms with Gasteiger partial charge in [-0.25, -0.2) is 8.78 Å². The molecule has 2 atom stereocenters. The van der Waals surface area contributed by atoms with Crippen LogP contribution in [0.15, 0.2) is 60.7 Å². The molecule has 2 unspecified atom stereocenters. The number of hydrogen-bond acceptors (Lipinski definition) is 4. The summed E-state index contributed by atoms with van der Waals surface area (Å²) in [5, 5.41) is 14.5. The molecule has 3 rings (SSSR count). The lowest BCUT2D eigenvalue weighted by atomic mass is 9.82. The molecule has 2 N–H and O–H groups in total. The van der Waals surface area contributed by atoms with Gasteiger partial charge in [-0.15, -0.1) is 0 Å². The molecule has 2 amide bonds. The minimum Gasteiger partial charge on any atom is -0.495 e. The van der Waals surface area contributed by atoms with Gasteiger partial charge in [-0.2, -0.15) is 5.26 Å². The van der Waals surface area contributed by atoms with Gasteiger partial charge in [0, 0.05) is 18.2 Å². The van der Waals surface area contributed by atoms with Gasteiger partial charge in [0.15, 0.2) is 0 Å². The van der Waals surface area contributed by atoms with E-state index in [1.54, 1.807) is 49.5 Å². The monoisotopic (exact) mass is 663 g/mol. The zero-order valence-corrected chi connectivity index (χ0v) is 28.8. The summed E-state index contributed by atoms with van der Waals surface area (Å²) in [4.78, 5) is 21.6. The minimum absolute atomic E-state index is 0.0884. The van der Waals surface area contributed by atoms with Crippen LogP contribution in [0.5, 0.6) is 5.75 Å². The molecule has 0 radical (unpaired) electrons. The van der Waals surface area contributed by atoms with Crippen molar-refractivity contribution in [3.8, 4) is 11.8 Å². The van der Waals surface area contributed by atoms with Crippen LogP contribution in [-0.2, 0) is 4.79 Å². The van der Waals surface area contributed by atoms with Gasteiger partial charge < -0.3 is 15.4 Å². The Balaban J connectivity index is 0.000000677. The van der Waals surface area contributed by atoms with Crippen molar-refractivity contribution in [1.29, 1.82) is 5.26 Å². The van der Waals surface area contributed by atoms with E-state index in [1.165, 1.54) is 25.3 Å². The Morgan fingerprint density at radius 1 is 1.02 bits per heavy atom. The van der Waals surface area contributed by atoms with Crippen LogP contribution < -0.4 is 15.4 Å². The third-order valence-electron chi connectivity index (χ3n) is 6.15. The van der Waals surface area contributed by atoms with Crippen LogP contribution in [0.4, 0.5) is 14.5 Å². The maximum absolute atomic E-state index is 14.0. The first-order chi connectivity index (χ1) is 21.3. The predicted octanol–water partition coefficient (Wildman–Crippen LogP) is 10.1. The highest BCUT2D eigenvalue weighted by atomic mass is 35.5.